The molecule has 28 heavy (non-hydrogen) atoms. The van der Waals surface area contributed by atoms with Crippen LogP contribution in [0.15, 0.2) is 29.3 Å². The number of nitrogens with one attached hydrogen (secondary N) is 1. The van der Waals surface area contributed by atoms with Crippen molar-refractivity contribution in [1.29, 1.82) is 0 Å². The van der Waals surface area contributed by atoms with Crippen molar-refractivity contribution in [3.05, 3.63) is 35.4 Å². The summed E-state index contributed by atoms with van der Waals surface area (Å²) in [4.78, 5) is 6.85. The number of halogens is 1. The third-order valence-corrected chi connectivity index (χ3v) is 5.71. The predicted octanol–water partition coefficient (Wildman–Crippen LogP) is 3.95. The molecule has 158 valence electrons. The lowest BCUT2D eigenvalue weighted by Gasteiger charge is -2.34. The standard InChI is InChI=1S/C22H35N3O2.HI/c1-17-6-8-19(9-7-17)18(2)15-24-22(23-3)25-12-10-20(11-13-25)27-16-21-5-4-14-26-21;/h6-9,18,20-21H,4-5,10-16H2,1-3H3,(H,23,24);1H. The Morgan fingerprint density at radius 2 is 1.96 bits per heavy atom. The van der Waals surface area contributed by atoms with Gasteiger partial charge in [-0.05, 0) is 44.1 Å². The Hall–Kier alpha value is -0.860. The van der Waals surface area contributed by atoms with Crippen LogP contribution in [0.25, 0.3) is 0 Å². The fraction of sp³-hybridized carbons (Fsp3) is 0.682. The molecule has 0 aromatic heterocycles. The van der Waals surface area contributed by atoms with Gasteiger partial charge in [-0.3, -0.25) is 4.99 Å². The molecule has 2 aliphatic heterocycles. The summed E-state index contributed by atoms with van der Waals surface area (Å²) in [5.41, 5.74) is 2.67. The van der Waals surface area contributed by atoms with E-state index in [1.807, 2.05) is 7.05 Å². The number of hydrogen-bond acceptors (Lipinski definition) is 3. The van der Waals surface area contributed by atoms with Crippen molar-refractivity contribution in [3.63, 3.8) is 0 Å². The maximum absolute atomic E-state index is 6.08. The lowest BCUT2D eigenvalue weighted by molar-refractivity contribution is -0.0367. The van der Waals surface area contributed by atoms with Gasteiger partial charge in [0.25, 0.3) is 0 Å². The highest BCUT2D eigenvalue weighted by Gasteiger charge is 2.24. The fourth-order valence-electron chi connectivity index (χ4n) is 3.84. The van der Waals surface area contributed by atoms with Crippen LogP contribution >= 0.6 is 24.0 Å². The summed E-state index contributed by atoms with van der Waals surface area (Å²) in [6.45, 7) is 8.93. The number of guanidine groups is 1. The van der Waals surface area contributed by atoms with E-state index in [4.69, 9.17) is 9.47 Å². The van der Waals surface area contributed by atoms with E-state index in [0.29, 0.717) is 18.1 Å². The van der Waals surface area contributed by atoms with Crippen LogP contribution in [0, 0.1) is 6.92 Å². The van der Waals surface area contributed by atoms with Crippen LogP contribution in [0.2, 0.25) is 0 Å². The summed E-state index contributed by atoms with van der Waals surface area (Å²) >= 11 is 0. The number of aliphatic imine (C=N–C) groups is 1. The Morgan fingerprint density at radius 3 is 2.57 bits per heavy atom. The molecule has 2 atom stereocenters. The molecule has 0 aliphatic carbocycles. The van der Waals surface area contributed by atoms with E-state index in [1.165, 1.54) is 17.5 Å². The second-order valence-electron chi connectivity index (χ2n) is 7.89. The van der Waals surface area contributed by atoms with Gasteiger partial charge >= 0.3 is 0 Å². The molecule has 1 aromatic carbocycles. The average molecular weight is 501 g/mol. The van der Waals surface area contributed by atoms with Crippen molar-refractivity contribution in [2.24, 2.45) is 4.99 Å². The van der Waals surface area contributed by atoms with Gasteiger partial charge in [-0.25, -0.2) is 0 Å². The van der Waals surface area contributed by atoms with Gasteiger partial charge in [0.15, 0.2) is 5.96 Å². The predicted molar refractivity (Wildman–Crippen MR) is 126 cm³/mol. The van der Waals surface area contributed by atoms with Gasteiger partial charge < -0.3 is 19.7 Å². The third kappa shape index (κ3) is 6.88. The monoisotopic (exact) mass is 501 g/mol. The number of aryl methyl sites for hydroxylation is 1. The smallest absolute Gasteiger partial charge is 0.193 e. The Morgan fingerprint density at radius 1 is 1.25 bits per heavy atom. The van der Waals surface area contributed by atoms with E-state index in [0.717, 1.165) is 58.1 Å². The second kappa shape index (κ2) is 12.0. The van der Waals surface area contributed by atoms with E-state index in [2.05, 4.69) is 53.3 Å². The molecule has 0 saturated carbocycles. The van der Waals surface area contributed by atoms with Crippen molar-refractivity contribution >= 4 is 29.9 Å². The molecule has 0 radical (unpaired) electrons. The number of nitrogens with zero attached hydrogens (tertiary/aromatic N) is 2. The third-order valence-electron chi connectivity index (χ3n) is 5.71. The molecule has 2 aliphatic rings. The topological polar surface area (TPSA) is 46.1 Å². The maximum atomic E-state index is 6.08. The zero-order valence-electron chi connectivity index (χ0n) is 17.5. The highest BCUT2D eigenvalue weighted by molar-refractivity contribution is 14.0. The van der Waals surface area contributed by atoms with Crippen molar-refractivity contribution < 1.29 is 9.47 Å². The summed E-state index contributed by atoms with van der Waals surface area (Å²) in [7, 11) is 1.87. The van der Waals surface area contributed by atoms with E-state index >= 15 is 0 Å². The van der Waals surface area contributed by atoms with Crippen molar-refractivity contribution in [3.8, 4) is 0 Å². The molecule has 6 heteroatoms. The fourth-order valence-corrected chi connectivity index (χ4v) is 3.84. The molecule has 1 N–H and O–H groups in total. The molecule has 0 spiro atoms. The minimum Gasteiger partial charge on any atom is -0.376 e. The van der Waals surface area contributed by atoms with Crippen LogP contribution in [-0.4, -0.2) is 63.0 Å². The van der Waals surface area contributed by atoms with Gasteiger partial charge in [0.2, 0.25) is 0 Å². The van der Waals surface area contributed by atoms with Crippen LogP contribution < -0.4 is 5.32 Å². The van der Waals surface area contributed by atoms with E-state index in [9.17, 15) is 0 Å². The number of hydrogen-bond donors (Lipinski definition) is 1. The molecule has 3 rings (SSSR count). The number of likely N-dealkylation sites (tertiary alicyclic amines) is 1. The zero-order valence-corrected chi connectivity index (χ0v) is 19.9. The van der Waals surface area contributed by atoms with Crippen LogP contribution in [0.4, 0.5) is 0 Å². The van der Waals surface area contributed by atoms with E-state index in [-0.39, 0.29) is 24.0 Å². The average Bonchev–Trinajstić information content (AvgIpc) is 3.22. The minimum absolute atomic E-state index is 0. The first-order valence-corrected chi connectivity index (χ1v) is 10.4. The maximum Gasteiger partial charge on any atom is 0.193 e. The first-order valence-electron chi connectivity index (χ1n) is 10.4. The number of benzene rings is 1. The Balaban J connectivity index is 0.00000280. The molecule has 2 unspecified atom stereocenters. The van der Waals surface area contributed by atoms with E-state index < -0.39 is 0 Å². The molecular formula is C22H36IN3O2. The first-order chi connectivity index (χ1) is 13.2. The summed E-state index contributed by atoms with van der Waals surface area (Å²) in [5.74, 6) is 1.46. The molecule has 0 amide bonds. The molecule has 1 aromatic rings. The lowest BCUT2D eigenvalue weighted by Crippen LogP contribution is -2.47. The highest BCUT2D eigenvalue weighted by Crippen LogP contribution is 2.18. The van der Waals surface area contributed by atoms with Gasteiger partial charge in [-0.1, -0.05) is 36.8 Å². The van der Waals surface area contributed by atoms with Gasteiger partial charge in [0.1, 0.15) is 0 Å². The Bertz CT molecular complexity index is 594. The molecule has 2 saturated heterocycles. The van der Waals surface area contributed by atoms with E-state index in [1.54, 1.807) is 0 Å². The molecule has 2 fully saturated rings. The van der Waals surface area contributed by atoms with Gasteiger partial charge in [-0.15, -0.1) is 24.0 Å². The summed E-state index contributed by atoms with van der Waals surface area (Å²) < 4.78 is 11.7. The summed E-state index contributed by atoms with van der Waals surface area (Å²) in [6, 6.07) is 8.81. The quantitative estimate of drug-likeness (QED) is 0.365. The van der Waals surface area contributed by atoms with Gasteiger partial charge in [0, 0.05) is 33.3 Å². The Kier molecular flexibility index (Phi) is 10.0. The highest BCUT2D eigenvalue weighted by atomic mass is 127. The van der Waals surface area contributed by atoms with Crippen molar-refractivity contribution in [2.75, 3.05) is 39.9 Å². The van der Waals surface area contributed by atoms with Crippen LogP contribution in [0.3, 0.4) is 0 Å². The van der Waals surface area contributed by atoms with Gasteiger partial charge in [-0.2, -0.15) is 0 Å². The SMILES string of the molecule is CN=C(NCC(C)c1ccc(C)cc1)N1CCC(OCC2CCCO2)CC1.I. The number of ether oxygens (including phenoxy) is 2. The van der Waals surface area contributed by atoms with Crippen LogP contribution in [0.5, 0.6) is 0 Å². The minimum atomic E-state index is 0. The summed E-state index contributed by atoms with van der Waals surface area (Å²) in [6.07, 6.45) is 5.11. The largest absolute Gasteiger partial charge is 0.376 e. The Labute approximate surface area is 187 Å². The molecule has 0 bridgehead atoms. The van der Waals surface area contributed by atoms with Crippen molar-refractivity contribution in [1.82, 2.24) is 10.2 Å². The molecule has 5 nitrogen and oxygen atoms in total. The zero-order chi connectivity index (χ0) is 19.1. The van der Waals surface area contributed by atoms with Crippen LogP contribution in [-0.2, 0) is 9.47 Å². The van der Waals surface area contributed by atoms with Crippen LogP contribution in [0.1, 0.15) is 49.7 Å². The van der Waals surface area contributed by atoms with Crippen molar-refractivity contribution in [2.45, 2.75) is 57.7 Å². The van der Waals surface area contributed by atoms with Gasteiger partial charge in [0.05, 0.1) is 18.8 Å². The second-order valence-corrected chi connectivity index (χ2v) is 7.89. The first kappa shape index (κ1) is 23.4. The molecular weight excluding hydrogens is 465 g/mol. The lowest BCUT2D eigenvalue weighted by atomic mass is 10.00. The number of rotatable bonds is 6. The summed E-state index contributed by atoms with van der Waals surface area (Å²) in [5, 5.41) is 3.56. The molecule has 2 heterocycles. The number of piperidine rings is 1. The normalized spacial score (nSPS) is 22.0.